The fraction of sp³-hybridized carbons (Fsp3) is 0.458. The Morgan fingerprint density at radius 2 is 1.94 bits per heavy atom. The standard InChI is InChI=1S/C24H29NO6/c1-2-28-24(27)17-5-8-20(9-6-17)31-16-19(26)15-25-11-3-4-21(25)18-7-10-22-23(14-18)30-13-12-29-22/h5-10,14,19,21,26H,2-4,11-13,15-16H2,1H3. The van der Waals surface area contributed by atoms with Gasteiger partial charge in [0.1, 0.15) is 31.7 Å². The number of esters is 1. The minimum absolute atomic E-state index is 0.184. The molecule has 0 radical (unpaired) electrons. The van der Waals surface area contributed by atoms with Crippen LogP contribution in [0.2, 0.25) is 0 Å². The third-order valence-corrected chi connectivity index (χ3v) is 5.57. The number of aliphatic hydroxyl groups is 1. The molecule has 0 bridgehead atoms. The highest BCUT2D eigenvalue weighted by Crippen LogP contribution is 2.38. The third kappa shape index (κ3) is 5.29. The molecule has 2 aromatic rings. The van der Waals surface area contributed by atoms with Crippen LogP contribution >= 0.6 is 0 Å². The van der Waals surface area contributed by atoms with E-state index in [9.17, 15) is 9.90 Å². The fourth-order valence-electron chi connectivity index (χ4n) is 4.11. The number of hydrogen-bond donors (Lipinski definition) is 1. The van der Waals surface area contributed by atoms with Crippen LogP contribution in [0.5, 0.6) is 17.2 Å². The summed E-state index contributed by atoms with van der Waals surface area (Å²) in [4.78, 5) is 14.0. The Morgan fingerprint density at radius 1 is 1.16 bits per heavy atom. The summed E-state index contributed by atoms with van der Waals surface area (Å²) in [5, 5.41) is 10.6. The van der Waals surface area contributed by atoms with Gasteiger partial charge in [0.05, 0.1) is 12.2 Å². The van der Waals surface area contributed by atoms with E-state index in [1.54, 1.807) is 31.2 Å². The van der Waals surface area contributed by atoms with Gasteiger partial charge in [-0.05, 0) is 68.3 Å². The summed E-state index contributed by atoms with van der Waals surface area (Å²) in [6.07, 6.45) is 1.51. The van der Waals surface area contributed by atoms with Crippen molar-refractivity contribution in [2.45, 2.75) is 31.9 Å². The average molecular weight is 427 g/mol. The van der Waals surface area contributed by atoms with Crippen molar-refractivity contribution in [1.82, 2.24) is 4.90 Å². The molecule has 2 aromatic carbocycles. The normalized spacial score (nSPS) is 19.1. The van der Waals surface area contributed by atoms with Crippen LogP contribution in [0, 0.1) is 0 Å². The fourth-order valence-corrected chi connectivity index (χ4v) is 4.11. The summed E-state index contributed by atoms with van der Waals surface area (Å²) in [6.45, 7) is 4.91. The molecule has 0 aromatic heterocycles. The molecule has 31 heavy (non-hydrogen) atoms. The van der Waals surface area contributed by atoms with E-state index in [2.05, 4.69) is 17.0 Å². The summed E-state index contributed by atoms with van der Waals surface area (Å²) < 4.78 is 22.0. The predicted molar refractivity (Wildman–Crippen MR) is 115 cm³/mol. The Morgan fingerprint density at radius 3 is 2.71 bits per heavy atom. The lowest BCUT2D eigenvalue weighted by Gasteiger charge is -2.28. The smallest absolute Gasteiger partial charge is 0.338 e. The van der Waals surface area contributed by atoms with Gasteiger partial charge in [0.2, 0.25) is 0 Å². The number of fused-ring (bicyclic) bond motifs is 1. The van der Waals surface area contributed by atoms with Gasteiger partial charge in [-0.25, -0.2) is 4.79 Å². The molecule has 1 saturated heterocycles. The molecule has 2 aliphatic heterocycles. The summed E-state index contributed by atoms with van der Waals surface area (Å²) >= 11 is 0. The first-order valence-electron chi connectivity index (χ1n) is 10.9. The highest BCUT2D eigenvalue weighted by molar-refractivity contribution is 5.89. The number of benzene rings is 2. The molecule has 7 nitrogen and oxygen atoms in total. The molecule has 0 spiro atoms. The Kier molecular flexibility index (Phi) is 6.94. The maximum absolute atomic E-state index is 11.7. The Labute approximate surface area is 182 Å². The van der Waals surface area contributed by atoms with Crippen molar-refractivity contribution in [3.8, 4) is 17.2 Å². The Hall–Kier alpha value is -2.77. The Balaban J connectivity index is 1.31. The number of ether oxygens (including phenoxy) is 4. The molecule has 2 unspecified atom stereocenters. The number of likely N-dealkylation sites (tertiary alicyclic amines) is 1. The van der Waals surface area contributed by atoms with Gasteiger partial charge in [-0.3, -0.25) is 4.90 Å². The lowest BCUT2D eigenvalue weighted by molar-refractivity contribution is 0.0525. The summed E-state index contributed by atoms with van der Waals surface area (Å²) in [6, 6.07) is 13.1. The quantitative estimate of drug-likeness (QED) is 0.648. The van der Waals surface area contributed by atoms with E-state index in [0.29, 0.717) is 37.7 Å². The van der Waals surface area contributed by atoms with Crippen molar-refractivity contribution in [3.05, 3.63) is 53.6 Å². The van der Waals surface area contributed by atoms with E-state index in [1.807, 2.05) is 6.07 Å². The van der Waals surface area contributed by atoms with Crippen molar-refractivity contribution < 1.29 is 28.8 Å². The molecule has 1 fully saturated rings. The van der Waals surface area contributed by atoms with Crippen LogP contribution in [0.15, 0.2) is 42.5 Å². The predicted octanol–water partition coefficient (Wildman–Crippen LogP) is 3.21. The minimum Gasteiger partial charge on any atom is -0.491 e. The zero-order valence-corrected chi connectivity index (χ0v) is 17.8. The zero-order chi connectivity index (χ0) is 21.6. The van der Waals surface area contributed by atoms with Crippen molar-refractivity contribution in [3.63, 3.8) is 0 Å². The van der Waals surface area contributed by atoms with Gasteiger partial charge in [-0.2, -0.15) is 0 Å². The number of hydrogen-bond acceptors (Lipinski definition) is 7. The SMILES string of the molecule is CCOC(=O)c1ccc(OCC(O)CN2CCCC2c2ccc3c(c2)OCCO3)cc1. The van der Waals surface area contributed by atoms with Gasteiger partial charge < -0.3 is 24.1 Å². The topological polar surface area (TPSA) is 77.5 Å². The number of nitrogens with zero attached hydrogens (tertiary/aromatic N) is 1. The van der Waals surface area contributed by atoms with E-state index >= 15 is 0 Å². The lowest BCUT2D eigenvalue weighted by atomic mass is 10.0. The maximum Gasteiger partial charge on any atom is 0.338 e. The van der Waals surface area contributed by atoms with Crippen molar-refractivity contribution in [1.29, 1.82) is 0 Å². The van der Waals surface area contributed by atoms with E-state index < -0.39 is 6.10 Å². The van der Waals surface area contributed by atoms with Gasteiger partial charge in [0.25, 0.3) is 0 Å². The van der Waals surface area contributed by atoms with Crippen molar-refractivity contribution >= 4 is 5.97 Å². The van der Waals surface area contributed by atoms with Crippen LogP contribution in [-0.2, 0) is 4.74 Å². The Bertz CT molecular complexity index is 884. The summed E-state index contributed by atoms with van der Waals surface area (Å²) in [7, 11) is 0. The molecule has 7 heteroatoms. The number of rotatable bonds is 8. The van der Waals surface area contributed by atoms with Crippen LogP contribution in [0.4, 0.5) is 0 Å². The molecule has 4 rings (SSSR count). The molecule has 0 aliphatic carbocycles. The molecular weight excluding hydrogens is 398 g/mol. The number of β-amino-alcohol motifs (C(OH)–C–C–N with tert-alkyl or cyclic N) is 1. The molecule has 166 valence electrons. The van der Waals surface area contributed by atoms with E-state index in [-0.39, 0.29) is 18.6 Å². The molecule has 1 N–H and O–H groups in total. The van der Waals surface area contributed by atoms with Crippen molar-refractivity contribution in [2.75, 3.05) is 39.5 Å². The van der Waals surface area contributed by atoms with Gasteiger partial charge in [-0.15, -0.1) is 0 Å². The molecule has 0 amide bonds. The molecule has 2 aliphatic rings. The van der Waals surface area contributed by atoms with Crippen LogP contribution in [0.25, 0.3) is 0 Å². The molecule has 0 saturated carbocycles. The first kappa shape index (κ1) is 21.5. The minimum atomic E-state index is -0.623. The number of carbonyl (C=O) groups excluding carboxylic acids is 1. The molecular formula is C24H29NO6. The van der Waals surface area contributed by atoms with Crippen LogP contribution in [-0.4, -0.2) is 61.6 Å². The first-order chi connectivity index (χ1) is 15.1. The monoisotopic (exact) mass is 427 g/mol. The van der Waals surface area contributed by atoms with Crippen LogP contribution in [0.1, 0.15) is 41.7 Å². The van der Waals surface area contributed by atoms with Gasteiger partial charge in [-0.1, -0.05) is 6.07 Å². The number of aliphatic hydroxyl groups excluding tert-OH is 1. The summed E-state index contributed by atoms with van der Waals surface area (Å²) in [5.74, 6) is 1.85. The first-order valence-corrected chi connectivity index (χ1v) is 10.9. The second-order valence-corrected chi connectivity index (χ2v) is 7.77. The van der Waals surface area contributed by atoms with Gasteiger partial charge in [0.15, 0.2) is 11.5 Å². The second-order valence-electron chi connectivity index (χ2n) is 7.77. The zero-order valence-electron chi connectivity index (χ0n) is 17.8. The second kappa shape index (κ2) is 10.0. The van der Waals surface area contributed by atoms with E-state index in [1.165, 1.54) is 5.56 Å². The molecule has 2 heterocycles. The van der Waals surface area contributed by atoms with Crippen molar-refractivity contribution in [2.24, 2.45) is 0 Å². The van der Waals surface area contributed by atoms with Gasteiger partial charge in [0, 0.05) is 12.6 Å². The van der Waals surface area contributed by atoms with Gasteiger partial charge >= 0.3 is 5.97 Å². The lowest BCUT2D eigenvalue weighted by Crippen LogP contribution is -2.35. The van der Waals surface area contributed by atoms with Crippen LogP contribution < -0.4 is 14.2 Å². The largest absolute Gasteiger partial charge is 0.491 e. The molecule has 2 atom stereocenters. The highest BCUT2D eigenvalue weighted by atomic mass is 16.6. The third-order valence-electron chi connectivity index (χ3n) is 5.57. The maximum atomic E-state index is 11.7. The summed E-state index contributed by atoms with van der Waals surface area (Å²) in [5.41, 5.74) is 1.67. The van der Waals surface area contributed by atoms with Crippen LogP contribution in [0.3, 0.4) is 0 Å². The number of carbonyl (C=O) groups is 1. The highest BCUT2D eigenvalue weighted by Gasteiger charge is 2.29. The van der Waals surface area contributed by atoms with E-state index in [0.717, 1.165) is 30.9 Å². The average Bonchev–Trinajstić information content (AvgIpc) is 3.26. The van der Waals surface area contributed by atoms with E-state index in [4.69, 9.17) is 18.9 Å².